The van der Waals surface area contributed by atoms with E-state index in [4.69, 9.17) is 16.3 Å². The molecule has 3 rings (SSSR count). The van der Waals surface area contributed by atoms with Crippen molar-refractivity contribution in [3.05, 3.63) is 65.2 Å². The Hall–Kier alpha value is -2.38. The lowest BCUT2D eigenvalue weighted by atomic mass is 10.1. The zero-order chi connectivity index (χ0) is 21.4. The van der Waals surface area contributed by atoms with Crippen molar-refractivity contribution in [3.8, 4) is 0 Å². The Bertz CT molecular complexity index is 1020. The van der Waals surface area contributed by atoms with Gasteiger partial charge in [0, 0.05) is 10.9 Å². The van der Waals surface area contributed by atoms with E-state index < -0.39 is 38.2 Å². The second-order valence-corrected chi connectivity index (χ2v) is 10.5. The van der Waals surface area contributed by atoms with Gasteiger partial charge in [-0.2, -0.15) is 0 Å². The van der Waals surface area contributed by atoms with Crippen molar-refractivity contribution in [3.63, 3.8) is 0 Å². The zero-order valence-electron chi connectivity index (χ0n) is 16.3. The summed E-state index contributed by atoms with van der Waals surface area (Å²) in [5.74, 6) is -0.741. The van der Waals surface area contributed by atoms with Crippen LogP contribution in [-0.4, -0.2) is 37.2 Å². The maximum atomic E-state index is 13.3. The van der Waals surface area contributed by atoms with Gasteiger partial charge in [-0.25, -0.2) is 13.2 Å². The molecule has 0 radical (unpaired) electrons. The quantitative estimate of drug-likeness (QED) is 0.722. The van der Waals surface area contributed by atoms with Crippen molar-refractivity contribution in [2.75, 3.05) is 0 Å². The number of ether oxygens (including phenoxy) is 1. The maximum absolute atomic E-state index is 13.3. The van der Waals surface area contributed by atoms with E-state index in [0.29, 0.717) is 16.9 Å². The molecule has 1 fully saturated rings. The molecule has 1 saturated carbocycles. The van der Waals surface area contributed by atoms with Gasteiger partial charge in [-0.3, -0.25) is 0 Å². The highest BCUT2D eigenvalue weighted by atomic mass is 35.5. The van der Waals surface area contributed by atoms with Crippen molar-refractivity contribution in [2.45, 2.75) is 48.0 Å². The van der Waals surface area contributed by atoms with Crippen LogP contribution in [-0.2, 0) is 19.4 Å². The molecule has 8 heteroatoms. The lowest BCUT2D eigenvalue weighted by Gasteiger charge is -2.22. The highest BCUT2D eigenvalue weighted by molar-refractivity contribution is 7.92. The van der Waals surface area contributed by atoms with Crippen LogP contribution in [0.1, 0.15) is 32.3 Å². The van der Waals surface area contributed by atoms with Crippen LogP contribution in [0.25, 0.3) is 0 Å². The summed E-state index contributed by atoms with van der Waals surface area (Å²) in [5.41, 5.74) is -1.78. The molecule has 1 amide bonds. The first kappa shape index (κ1) is 21.3. The van der Waals surface area contributed by atoms with E-state index in [1.807, 2.05) is 0 Å². The van der Waals surface area contributed by atoms with E-state index in [-0.39, 0.29) is 4.90 Å². The molecule has 2 aromatic rings. The Morgan fingerprint density at radius 1 is 1.10 bits per heavy atom. The highest BCUT2D eigenvalue weighted by Crippen LogP contribution is 2.56. The van der Waals surface area contributed by atoms with Gasteiger partial charge in [0.25, 0.3) is 0 Å². The lowest BCUT2D eigenvalue weighted by Crippen LogP contribution is -2.45. The molecule has 0 bridgehead atoms. The number of benzene rings is 2. The van der Waals surface area contributed by atoms with Crippen LogP contribution in [0.2, 0.25) is 5.02 Å². The van der Waals surface area contributed by atoms with Gasteiger partial charge in [0.1, 0.15) is 22.7 Å². The molecule has 1 N–H and O–H groups in total. The molecule has 2 aromatic carbocycles. The Morgan fingerprint density at radius 2 is 1.69 bits per heavy atom. The summed E-state index contributed by atoms with van der Waals surface area (Å²) < 4.78 is 31.9. The van der Waals surface area contributed by atoms with Crippen LogP contribution in [0.4, 0.5) is 4.79 Å². The number of rotatable bonds is 5. The average molecular weight is 436 g/mol. The van der Waals surface area contributed by atoms with Gasteiger partial charge >= 0.3 is 6.09 Å². The number of amides is 1. The molecule has 0 unspecified atom stereocenters. The molecule has 154 valence electrons. The van der Waals surface area contributed by atoms with Gasteiger partial charge in [0.2, 0.25) is 0 Å². The fraction of sp³-hybridized carbons (Fsp3) is 0.333. The Labute approximate surface area is 175 Å². The molecule has 0 aromatic heterocycles. The van der Waals surface area contributed by atoms with E-state index >= 15 is 0 Å². The van der Waals surface area contributed by atoms with Crippen molar-refractivity contribution < 1.29 is 22.7 Å². The minimum Gasteiger partial charge on any atom is -0.444 e. The SMILES string of the molecule is CC(C)(C)OC(=O)N[C@@]1(C=O)[C@@H](c2ccccc2)[C@@H]1S(=O)(=O)c1ccc(Cl)cc1. The summed E-state index contributed by atoms with van der Waals surface area (Å²) in [6.45, 7) is 5.05. The minimum atomic E-state index is -3.95. The molecule has 6 nitrogen and oxygen atoms in total. The van der Waals surface area contributed by atoms with E-state index in [1.165, 1.54) is 24.3 Å². The number of sulfone groups is 1. The molecule has 0 saturated heterocycles. The summed E-state index contributed by atoms with van der Waals surface area (Å²) in [7, 11) is -3.95. The number of alkyl carbamates (subject to hydrolysis) is 1. The Balaban J connectivity index is 2.03. The molecule has 29 heavy (non-hydrogen) atoms. The molecule has 0 heterocycles. The third kappa shape index (κ3) is 4.16. The smallest absolute Gasteiger partial charge is 0.408 e. The predicted molar refractivity (Wildman–Crippen MR) is 110 cm³/mol. The standard InChI is InChI=1S/C21H22ClNO5S/c1-20(2,3)28-19(25)23-21(13-24)17(14-7-5-4-6-8-14)18(21)29(26,27)16-11-9-15(22)10-12-16/h4-13,17-18H,1-3H3,(H,23,25)/t17-,18-,21-/m0/s1. The third-order valence-corrected chi connectivity index (χ3v) is 7.24. The molecule has 0 aliphatic heterocycles. The fourth-order valence-electron chi connectivity index (χ4n) is 3.49. The van der Waals surface area contributed by atoms with Crippen molar-refractivity contribution >= 4 is 33.8 Å². The third-order valence-electron chi connectivity index (χ3n) is 4.73. The molecular formula is C21H22ClNO5S. The molecule has 1 aliphatic carbocycles. The van der Waals surface area contributed by atoms with E-state index in [2.05, 4.69) is 5.32 Å². The first-order valence-corrected chi connectivity index (χ1v) is 11.0. The van der Waals surface area contributed by atoms with Crippen LogP contribution < -0.4 is 5.32 Å². The monoisotopic (exact) mass is 435 g/mol. The number of carbonyl (C=O) groups is 2. The number of nitrogens with one attached hydrogen (secondary N) is 1. The Morgan fingerprint density at radius 3 is 2.21 bits per heavy atom. The predicted octanol–water partition coefficient (Wildman–Crippen LogP) is 3.74. The first-order chi connectivity index (χ1) is 13.5. The van der Waals surface area contributed by atoms with Gasteiger partial charge < -0.3 is 14.8 Å². The number of hydrogen-bond acceptors (Lipinski definition) is 5. The summed E-state index contributed by atoms with van der Waals surface area (Å²) in [6, 6.07) is 14.5. The van der Waals surface area contributed by atoms with E-state index in [9.17, 15) is 18.0 Å². The Kier molecular flexibility index (Phi) is 5.49. The van der Waals surface area contributed by atoms with E-state index in [0.717, 1.165) is 0 Å². The van der Waals surface area contributed by atoms with Crippen molar-refractivity contribution in [2.24, 2.45) is 0 Å². The van der Waals surface area contributed by atoms with Crippen LogP contribution in [0.3, 0.4) is 0 Å². The van der Waals surface area contributed by atoms with Gasteiger partial charge in [0.15, 0.2) is 9.84 Å². The fourth-order valence-corrected chi connectivity index (χ4v) is 5.86. The molecule has 1 aliphatic rings. The average Bonchev–Trinajstić information content (AvgIpc) is 3.30. The van der Waals surface area contributed by atoms with Crippen LogP contribution in [0.15, 0.2) is 59.5 Å². The second kappa shape index (κ2) is 7.46. The summed E-state index contributed by atoms with van der Waals surface area (Å²) in [5, 5.41) is 1.76. The van der Waals surface area contributed by atoms with Crippen LogP contribution >= 0.6 is 11.6 Å². The summed E-state index contributed by atoms with van der Waals surface area (Å²) in [6.07, 6.45) is -0.355. The van der Waals surface area contributed by atoms with Crippen molar-refractivity contribution in [1.29, 1.82) is 0 Å². The normalized spacial score (nSPS) is 23.9. The summed E-state index contributed by atoms with van der Waals surface area (Å²) >= 11 is 5.87. The minimum absolute atomic E-state index is 0.0301. The summed E-state index contributed by atoms with van der Waals surface area (Å²) in [4.78, 5) is 24.6. The molecular weight excluding hydrogens is 414 g/mol. The van der Waals surface area contributed by atoms with Gasteiger partial charge in [0.05, 0.1) is 4.90 Å². The topological polar surface area (TPSA) is 89.5 Å². The largest absolute Gasteiger partial charge is 0.444 e. The molecule has 0 spiro atoms. The number of aldehydes is 1. The van der Waals surface area contributed by atoms with Gasteiger partial charge in [-0.1, -0.05) is 41.9 Å². The number of halogens is 1. The second-order valence-electron chi connectivity index (χ2n) is 7.99. The van der Waals surface area contributed by atoms with E-state index in [1.54, 1.807) is 51.1 Å². The zero-order valence-corrected chi connectivity index (χ0v) is 17.8. The maximum Gasteiger partial charge on any atom is 0.408 e. The van der Waals surface area contributed by atoms with Crippen molar-refractivity contribution in [1.82, 2.24) is 5.32 Å². The number of hydrogen-bond donors (Lipinski definition) is 1. The van der Waals surface area contributed by atoms with Gasteiger partial charge in [-0.05, 0) is 50.6 Å². The lowest BCUT2D eigenvalue weighted by molar-refractivity contribution is -0.110. The highest BCUT2D eigenvalue weighted by Gasteiger charge is 2.73. The van der Waals surface area contributed by atoms with Crippen LogP contribution in [0, 0.1) is 0 Å². The first-order valence-electron chi connectivity index (χ1n) is 9.03. The van der Waals surface area contributed by atoms with Crippen LogP contribution in [0.5, 0.6) is 0 Å². The van der Waals surface area contributed by atoms with Gasteiger partial charge in [-0.15, -0.1) is 0 Å². The number of carbonyl (C=O) groups excluding carboxylic acids is 2. The molecule has 3 atom stereocenters.